The maximum atomic E-state index is 11.8. The van der Waals surface area contributed by atoms with Gasteiger partial charge in [-0.3, -0.25) is 0 Å². The molecule has 19 heavy (non-hydrogen) atoms. The molecular weight excluding hydrogens is 264 g/mol. The summed E-state index contributed by atoms with van der Waals surface area (Å²) in [5.74, 6) is 0. The lowest BCUT2D eigenvalue weighted by atomic mass is 10.1. The van der Waals surface area contributed by atoms with Crippen molar-refractivity contribution < 1.29 is 13.2 Å². The number of sulfonamides is 1. The number of hydrogen-bond donors (Lipinski definition) is 2. The highest BCUT2D eigenvalue weighted by Gasteiger charge is 2.15. The topological polar surface area (TPSA) is 67.4 Å². The lowest BCUT2D eigenvalue weighted by molar-refractivity contribution is 0.0904. The van der Waals surface area contributed by atoms with Crippen molar-refractivity contribution in [3.05, 3.63) is 24.3 Å². The van der Waals surface area contributed by atoms with E-state index in [0.717, 1.165) is 31.7 Å². The molecule has 106 valence electrons. The number of nitrogens with one attached hydrogen (secondary N) is 2. The van der Waals surface area contributed by atoms with Gasteiger partial charge in [0.1, 0.15) is 0 Å². The van der Waals surface area contributed by atoms with Crippen LogP contribution in [-0.2, 0) is 14.8 Å². The largest absolute Gasteiger partial charge is 0.382 e. The fourth-order valence-corrected chi connectivity index (χ4v) is 3.12. The van der Waals surface area contributed by atoms with Crippen LogP contribution in [0.4, 0.5) is 5.69 Å². The Hall–Kier alpha value is -1.11. The molecule has 1 aliphatic heterocycles. The summed E-state index contributed by atoms with van der Waals surface area (Å²) in [6.45, 7) is 3.72. The molecule has 0 aromatic heterocycles. The van der Waals surface area contributed by atoms with Crippen molar-refractivity contribution in [3.63, 3.8) is 0 Å². The molecule has 5 nitrogen and oxygen atoms in total. The highest BCUT2D eigenvalue weighted by molar-refractivity contribution is 7.89. The van der Waals surface area contributed by atoms with Gasteiger partial charge in [0, 0.05) is 31.5 Å². The molecule has 1 saturated heterocycles. The lowest BCUT2D eigenvalue weighted by Crippen LogP contribution is -2.27. The van der Waals surface area contributed by atoms with Crippen LogP contribution in [0.15, 0.2) is 29.2 Å². The number of anilines is 1. The zero-order valence-electron chi connectivity index (χ0n) is 11.1. The summed E-state index contributed by atoms with van der Waals surface area (Å²) >= 11 is 0. The SMILES string of the molecule is CCNS(=O)(=O)c1ccc(NC2CCOCC2)cc1. The molecule has 0 spiro atoms. The van der Waals surface area contributed by atoms with Crippen LogP contribution in [-0.4, -0.2) is 34.2 Å². The van der Waals surface area contributed by atoms with E-state index in [0.29, 0.717) is 17.5 Å². The van der Waals surface area contributed by atoms with Gasteiger partial charge in [0.15, 0.2) is 0 Å². The van der Waals surface area contributed by atoms with Gasteiger partial charge in [0.25, 0.3) is 0 Å². The molecule has 0 saturated carbocycles. The van der Waals surface area contributed by atoms with Crippen LogP contribution < -0.4 is 10.0 Å². The molecule has 0 unspecified atom stereocenters. The molecule has 6 heteroatoms. The second-order valence-electron chi connectivity index (χ2n) is 4.56. The summed E-state index contributed by atoms with van der Waals surface area (Å²) in [5, 5.41) is 3.40. The Morgan fingerprint density at radius 3 is 2.42 bits per heavy atom. The highest BCUT2D eigenvalue weighted by Crippen LogP contribution is 2.17. The van der Waals surface area contributed by atoms with Gasteiger partial charge in [-0.1, -0.05) is 6.92 Å². The minimum absolute atomic E-state index is 0.298. The Morgan fingerprint density at radius 1 is 1.21 bits per heavy atom. The van der Waals surface area contributed by atoms with E-state index in [4.69, 9.17) is 4.74 Å². The zero-order valence-corrected chi connectivity index (χ0v) is 11.9. The van der Waals surface area contributed by atoms with Crippen LogP contribution >= 0.6 is 0 Å². The fraction of sp³-hybridized carbons (Fsp3) is 0.538. The Kier molecular flexibility index (Phi) is 4.79. The predicted molar refractivity (Wildman–Crippen MR) is 74.8 cm³/mol. The van der Waals surface area contributed by atoms with E-state index in [1.54, 1.807) is 31.2 Å². The number of hydrogen-bond acceptors (Lipinski definition) is 4. The second-order valence-corrected chi connectivity index (χ2v) is 6.32. The third-order valence-electron chi connectivity index (χ3n) is 3.09. The average molecular weight is 284 g/mol. The zero-order chi connectivity index (χ0) is 13.7. The summed E-state index contributed by atoms with van der Waals surface area (Å²) in [6, 6.07) is 7.27. The van der Waals surface area contributed by atoms with Crippen molar-refractivity contribution in [2.75, 3.05) is 25.1 Å². The molecule has 1 fully saturated rings. The summed E-state index contributed by atoms with van der Waals surface area (Å²) < 4.78 is 31.3. The highest BCUT2D eigenvalue weighted by atomic mass is 32.2. The normalized spacial score (nSPS) is 17.3. The van der Waals surface area contributed by atoms with Crippen molar-refractivity contribution in [1.29, 1.82) is 0 Å². The predicted octanol–water partition coefficient (Wildman–Crippen LogP) is 1.58. The third-order valence-corrected chi connectivity index (χ3v) is 4.65. The molecular formula is C13H20N2O3S. The van der Waals surface area contributed by atoms with Gasteiger partial charge in [-0.15, -0.1) is 0 Å². The minimum atomic E-state index is -3.36. The number of rotatable bonds is 5. The molecule has 2 N–H and O–H groups in total. The van der Waals surface area contributed by atoms with Gasteiger partial charge >= 0.3 is 0 Å². The van der Waals surface area contributed by atoms with Crippen molar-refractivity contribution >= 4 is 15.7 Å². The van der Waals surface area contributed by atoms with Gasteiger partial charge < -0.3 is 10.1 Å². The first kappa shape index (κ1) is 14.3. The van der Waals surface area contributed by atoms with Gasteiger partial charge in [0.2, 0.25) is 10.0 Å². The van der Waals surface area contributed by atoms with E-state index in [1.807, 2.05) is 0 Å². The summed E-state index contributed by atoms with van der Waals surface area (Å²) in [5.41, 5.74) is 0.947. The van der Waals surface area contributed by atoms with Gasteiger partial charge in [-0.25, -0.2) is 13.1 Å². The van der Waals surface area contributed by atoms with Crippen LogP contribution in [0, 0.1) is 0 Å². The van der Waals surface area contributed by atoms with Crippen molar-refractivity contribution in [2.45, 2.75) is 30.7 Å². The summed E-state index contributed by atoms with van der Waals surface area (Å²) in [6.07, 6.45) is 1.97. The molecule has 1 heterocycles. The molecule has 0 amide bonds. The van der Waals surface area contributed by atoms with Crippen molar-refractivity contribution in [2.24, 2.45) is 0 Å². The maximum absolute atomic E-state index is 11.8. The minimum Gasteiger partial charge on any atom is -0.382 e. The standard InChI is InChI=1S/C13H20N2O3S/c1-2-14-19(16,17)13-5-3-11(4-6-13)15-12-7-9-18-10-8-12/h3-6,12,14-15H,2,7-10H2,1H3. The average Bonchev–Trinajstić information content (AvgIpc) is 2.40. The number of benzene rings is 1. The molecule has 2 rings (SSSR count). The van der Waals surface area contributed by atoms with E-state index < -0.39 is 10.0 Å². The molecule has 0 atom stereocenters. The monoisotopic (exact) mass is 284 g/mol. The van der Waals surface area contributed by atoms with E-state index in [9.17, 15) is 8.42 Å². The Bertz CT molecular complexity index is 493. The second kappa shape index (κ2) is 6.36. The first-order valence-electron chi connectivity index (χ1n) is 6.56. The first-order valence-corrected chi connectivity index (χ1v) is 8.04. The van der Waals surface area contributed by atoms with Gasteiger partial charge in [0.05, 0.1) is 4.90 Å². The lowest BCUT2D eigenvalue weighted by Gasteiger charge is -2.24. The Labute approximate surface area is 114 Å². The van der Waals surface area contributed by atoms with Crippen LogP contribution in [0.2, 0.25) is 0 Å². The van der Waals surface area contributed by atoms with Crippen LogP contribution in [0.25, 0.3) is 0 Å². The van der Waals surface area contributed by atoms with Gasteiger partial charge in [-0.2, -0.15) is 0 Å². The van der Waals surface area contributed by atoms with Crippen molar-refractivity contribution in [1.82, 2.24) is 4.72 Å². The summed E-state index contributed by atoms with van der Waals surface area (Å²) in [4.78, 5) is 0.298. The van der Waals surface area contributed by atoms with Crippen LogP contribution in [0.1, 0.15) is 19.8 Å². The van der Waals surface area contributed by atoms with E-state index in [2.05, 4.69) is 10.0 Å². The molecule has 0 radical (unpaired) electrons. The van der Waals surface area contributed by atoms with E-state index in [1.165, 1.54) is 0 Å². The smallest absolute Gasteiger partial charge is 0.240 e. The molecule has 1 aromatic rings. The molecule has 1 aliphatic rings. The van der Waals surface area contributed by atoms with E-state index in [-0.39, 0.29) is 0 Å². The maximum Gasteiger partial charge on any atom is 0.240 e. The van der Waals surface area contributed by atoms with Crippen LogP contribution in [0.5, 0.6) is 0 Å². The first-order chi connectivity index (χ1) is 9.12. The van der Waals surface area contributed by atoms with Crippen molar-refractivity contribution in [3.8, 4) is 0 Å². The third kappa shape index (κ3) is 3.92. The Balaban J connectivity index is 2.01. The molecule has 1 aromatic carbocycles. The molecule has 0 bridgehead atoms. The quantitative estimate of drug-likeness (QED) is 0.861. The van der Waals surface area contributed by atoms with E-state index >= 15 is 0 Å². The van der Waals surface area contributed by atoms with Crippen LogP contribution in [0.3, 0.4) is 0 Å². The Morgan fingerprint density at radius 2 is 1.84 bits per heavy atom. The molecule has 0 aliphatic carbocycles. The fourth-order valence-electron chi connectivity index (χ4n) is 2.08. The number of ether oxygens (including phenoxy) is 1. The summed E-state index contributed by atoms with van der Waals surface area (Å²) in [7, 11) is -3.36. The van der Waals surface area contributed by atoms with Gasteiger partial charge in [-0.05, 0) is 37.1 Å².